The molecule has 0 N–H and O–H groups in total. The lowest BCUT2D eigenvalue weighted by Crippen LogP contribution is -2.37. The average molecular weight is 1560 g/mol. The summed E-state index contributed by atoms with van der Waals surface area (Å²) in [5, 5.41) is 0. The van der Waals surface area contributed by atoms with E-state index in [1.807, 2.05) is 146 Å². The number of rotatable bonds is 11. The minimum Gasteiger partial charge on any atom is -0.462 e. The molecule has 640 valence electrons. The third-order valence-corrected chi connectivity index (χ3v) is 19.1. The van der Waals surface area contributed by atoms with Gasteiger partial charge in [-0.3, -0.25) is 24.0 Å². The van der Waals surface area contributed by atoms with Gasteiger partial charge in [-0.2, -0.15) is 0 Å². The number of likely N-dealkylation sites (tertiary alicyclic amines) is 2. The normalized spacial score (nSPS) is 16.4. The number of piperidine rings is 1. The number of carbonyl (C=O) groups excluding carboxylic acids is 8. The first-order chi connectivity index (χ1) is 50.4. The fourth-order valence-corrected chi connectivity index (χ4v) is 10.3. The van der Waals surface area contributed by atoms with Gasteiger partial charge >= 0.3 is 30.2 Å². The average Bonchev–Trinajstić information content (AvgIpc) is 1.74. The lowest BCUT2D eigenvalue weighted by molar-refractivity contribution is -0.150. The molecule has 2 amide bonds. The van der Waals surface area contributed by atoms with Gasteiger partial charge in [0.2, 0.25) is 11.8 Å². The summed E-state index contributed by atoms with van der Waals surface area (Å²) in [7, 11) is 1.30. The molecular weight excluding hydrogens is 1400 g/mol. The van der Waals surface area contributed by atoms with Crippen LogP contribution < -0.4 is 0 Å². The van der Waals surface area contributed by atoms with Crippen molar-refractivity contribution in [1.82, 2.24) is 9.80 Å². The van der Waals surface area contributed by atoms with Crippen molar-refractivity contribution in [2.24, 2.45) is 37.9 Å². The Labute approximate surface area is 676 Å². The maximum absolute atomic E-state index is 11.7. The monoisotopic (exact) mass is 1560 g/mol. The highest BCUT2D eigenvalue weighted by Crippen LogP contribution is 2.33. The van der Waals surface area contributed by atoms with E-state index >= 15 is 0 Å². The van der Waals surface area contributed by atoms with Crippen LogP contribution in [-0.2, 0) is 80.1 Å². The number of nitrogens with zero attached hydrogens (tertiary/aromatic N) is 2. The molecule has 1 saturated carbocycles. The van der Waals surface area contributed by atoms with E-state index in [9.17, 15) is 38.4 Å². The van der Waals surface area contributed by atoms with E-state index in [0.29, 0.717) is 42.1 Å². The molecule has 111 heavy (non-hydrogen) atoms. The standard InChI is InChI=1S/C13H24O3.C13H18O2.C13H18.C11H21NO.C10H19NO.C10H16O2.C8H16O3.C8H16O2.C7H14O2/c1-10(13(2,3)4)15-12(14)16-11-8-6-5-7-9-11;1-10(13(2,3)4)15-12(14)11-8-6-5-7-9-11;1-13(2,3)12-8-7-10-5-4-6-11(10)9-12;1-11(2,3)9-10(13)12-7-5-4-6-8-12;1-10(2,3)8-9(12)11-6-4-5-7-11;1-7-5-9(11)12-8(7)6-10(2,3)4;1-6(8(2,3)4)11-7(9)10-5;1-6(8(3,4)5)10-7(2)9;1-6(8)5-9-7(2,3)4/h10-11H,5-9H2,1-4H3;5-10H,1-4H3;7-9H,4-6H2,1-3H3;4-9H2,1-3H3;4-8H2,1-3H3;5-6H2,1-4H3;6H,1-5H3;6H,1-5H3;5H2,1-4H3. The van der Waals surface area contributed by atoms with Crippen LogP contribution in [0, 0.1) is 37.9 Å². The van der Waals surface area contributed by atoms with Gasteiger partial charge in [-0.15, -0.1) is 0 Å². The van der Waals surface area contributed by atoms with Gasteiger partial charge in [-0.05, 0) is 217 Å². The number of benzene rings is 2. The van der Waals surface area contributed by atoms with Gasteiger partial charge in [0.05, 0.1) is 24.7 Å². The molecule has 3 fully saturated rings. The van der Waals surface area contributed by atoms with E-state index in [2.05, 4.69) is 127 Å². The van der Waals surface area contributed by atoms with Crippen molar-refractivity contribution in [1.29, 1.82) is 0 Å². The largest absolute Gasteiger partial charge is 0.508 e. The zero-order valence-corrected chi connectivity index (χ0v) is 77.0. The molecule has 2 aromatic rings. The molecule has 4 unspecified atom stereocenters. The second-order valence-electron chi connectivity index (χ2n) is 40.5. The third kappa shape index (κ3) is 54.2. The number of cyclic esters (lactones) is 1. The molecule has 3 aliphatic heterocycles. The summed E-state index contributed by atoms with van der Waals surface area (Å²) in [5.41, 5.74) is 6.88. The van der Waals surface area contributed by atoms with Crippen LogP contribution in [0.5, 0.6) is 0 Å². The lowest BCUT2D eigenvalue weighted by Gasteiger charge is -2.29. The highest BCUT2D eigenvalue weighted by Gasteiger charge is 2.31. The fourth-order valence-electron chi connectivity index (χ4n) is 10.3. The summed E-state index contributed by atoms with van der Waals surface area (Å²) in [5.74, 6) is 1.07. The van der Waals surface area contributed by atoms with Crippen molar-refractivity contribution >= 4 is 47.8 Å². The van der Waals surface area contributed by atoms with E-state index < -0.39 is 12.3 Å². The summed E-state index contributed by atoms with van der Waals surface area (Å²) in [6.45, 7) is 72.8. The zero-order valence-electron chi connectivity index (χ0n) is 77.0. The molecule has 4 atom stereocenters. The topological polar surface area (TPSA) is 217 Å². The van der Waals surface area contributed by atoms with Gasteiger partial charge in [0.15, 0.2) is 5.78 Å². The Morgan fingerprint density at radius 2 is 0.892 bits per heavy atom. The first-order valence-electron chi connectivity index (χ1n) is 41.1. The van der Waals surface area contributed by atoms with E-state index in [0.717, 1.165) is 69.6 Å². The van der Waals surface area contributed by atoms with Gasteiger partial charge in [-0.1, -0.05) is 209 Å². The van der Waals surface area contributed by atoms with Gasteiger partial charge in [0.25, 0.3) is 0 Å². The molecule has 18 heteroatoms. The number of allylic oxidation sites excluding steroid dienone is 1. The maximum Gasteiger partial charge on any atom is 0.508 e. The van der Waals surface area contributed by atoms with Crippen molar-refractivity contribution in [2.45, 2.75) is 386 Å². The predicted molar refractivity (Wildman–Crippen MR) is 453 cm³/mol. The number of carbonyl (C=O) groups is 8. The Bertz CT molecular complexity index is 3080. The number of aryl methyl sites for hydroxylation is 2. The van der Waals surface area contributed by atoms with Crippen LogP contribution in [0.4, 0.5) is 9.59 Å². The maximum atomic E-state index is 11.7. The zero-order chi connectivity index (χ0) is 86.5. The Hall–Kier alpha value is -6.30. The summed E-state index contributed by atoms with van der Waals surface area (Å²) in [6, 6.07) is 16.1. The SMILES string of the molecule is CC(=O)COC(C)(C)C.CC(=O)OC(C)C(C)(C)C.CC(C)(C)CC(=O)N1CCCC1.CC(C)(C)CC(=O)N1CCCCC1.CC(C)(C)c1ccc2c(c1)CCC2.CC(OC(=O)OC1CCCCC1)C(C)(C)C.CC(OC(=O)c1ccccc1)C(C)(C)C.CC1=C(CC(C)(C)C)OC(=O)C1.COC(=O)OC(C)C(C)(C)C. The third-order valence-electron chi connectivity index (χ3n) is 19.1. The molecule has 0 spiro atoms. The minimum atomic E-state index is -0.618. The molecule has 2 saturated heterocycles. The van der Waals surface area contributed by atoms with Gasteiger partial charge in [0.1, 0.15) is 42.9 Å². The Kier molecular flexibility index (Phi) is 47.6. The summed E-state index contributed by atoms with van der Waals surface area (Å²) >= 11 is 0. The van der Waals surface area contributed by atoms with E-state index in [4.69, 9.17) is 33.2 Å². The molecule has 0 aromatic heterocycles. The second kappa shape index (κ2) is 49.5. The molecule has 3 heterocycles. The fraction of sp³-hybridized carbons (Fsp3) is 0.763. The van der Waals surface area contributed by atoms with Crippen molar-refractivity contribution in [3.05, 3.63) is 82.1 Å². The quantitative estimate of drug-likeness (QED) is 0.151. The van der Waals surface area contributed by atoms with Crippen LogP contribution in [0.3, 0.4) is 0 Å². The molecule has 5 aliphatic rings. The molecule has 18 nitrogen and oxygen atoms in total. The first kappa shape index (κ1) is 107. The highest BCUT2D eigenvalue weighted by molar-refractivity contribution is 5.89. The molecule has 0 bridgehead atoms. The number of amides is 2. The predicted octanol–water partition coefficient (Wildman–Crippen LogP) is 23.4. The van der Waals surface area contributed by atoms with Crippen molar-refractivity contribution in [3.63, 3.8) is 0 Å². The van der Waals surface area contributed by atoms with Gasteiger partial charge in [0, 0.05) is 52.4 Å². The molecule has 2 aliphatic carbocycles. The lowest BCUT2D eigenvalue weighted by atomic mass is 9.85. The van der Waals surface area contributed by atoms with E-state index in [-0.39, 0.29) is 104 Å². The number of esters is 3. The summed E-state index contributed by atoms with van der Waals surface area (Å²) in [4.78, 5) is 92.9. The summed E-state index contributed by atoms with van der Waals surface area (Å²) < 4.78 is 40.4. The smallest absolute Gasteiger partial charge is 0.462 e. The van der Waals surface area contributed by atoms with Crippen LogP contribution in [0.2, 0.25) is 0 Å². The number of ketones is 1. The Morgan fingerprint density at radius 1 is 0.486 bits per heavy atom. The molecule has 2 aromatic carbocycles. The summed E-state index contributed by atoms with van der Waals surface area (Å²) in [6.07, 6.45) is 16.8. The van der Waals surface area contributed by atoms with Crippen LogP contribution >= 0.6 is 0 Å². The number of methoxy groups -OCH3 is 1. The van der Waals surface area contributed by atoms with Crippen LogP contribution in [-0.4, -0.2) is 134 Å². The van der Waals surface area contributed by atoms with Crippen LogP contribution in [0.25, 0.3) is 0 Å². The van der Waals surface area contributed by atoms with E-state index in [1.54, 1.807) is 23.3 Å². The van der Waals surface area contributed by atoms with Crippen molar-refractivity contribution < 1.29 is 76.3 Å². The van der Waals surface area contributed by atoms with Crippen molar-refractivity contribution in [3.8, 4) is 0 Å². The Morgan fingerprint density at radius 3 is 1.24 bits per heavy atom. The van der Waals surface area contributed by atoms with Gasteiger partial charge < -0.3 is 47.7 Å². The molecular formula is C93H162N2O16. The van der Waals surface area contributed by atoms with Crippen LogP contribution in [0.15, 0.2) is 59.9 Å². The second-order valence-corrected chi connectivity index (χ2v) is 40.5. The number of Topliss-reactive ketones (excluding diaryl/α,β-unsaturated/α-hetero) is 1. The van der Waals surface area contributed by atoms with E-state index in [1.165, 1.54) is 84.3 Å². The highest BCUT2D eigenvalue weighted by atomic mass is 16.7. The van der Waals surface area contributed by atoms with Crippen molar-refractivity contribution in [2.75, 3.05) is 39.9 Å². The van der Waals surface area contributed by atoms with Gasteiger partial charge in [-0.25, -0.2) is 14.4 Å². The number of hydrogen-bond donors (Lipinski definition) is 0. The molecule has 0 radical (unpaired) electrons. The number of fused-ring (bicyclic) bond motifs is 1. The number of ether oxygens (including phenoxy) is 8. The molecule has 7 rings (SSSR count). The number of hydrogen-bond acceptors (Lipinski definition) is 16. The minimum absolute atomic E-state index is 0.00926. The first-order valence-corrected chi connectivity index (χ1v) is 41.1. The Balaban J connectivity index is 0. The van der Waals surface area contributed by atoms with Crippen LogP contribution in [0.1, 0.15) is 359 Å².